The van der Waals surface area contributed by atoms with Gasteiger partial charge in [-0.3, -0.25) is 4.79 Å². The lowest BCUT2D eigenvalue weighted by molar-refractivity contribution is 0.0526. The fourth-order valence-electron chi connectivity index (χ4n) is 2.27. The highest BCUT2D eigenvalue weighted by atomic mass is 35.5. The molecule has 0 aliphatic carbocycles. The molecule has 6 nitrogen and oxygen atoms in total. The Morgan fingerprint density at radius 3 is 2.88 bits per heavy atom. The summed E-state index contributed by atoms with van der Waals surface area (Å²) < 4.78 is 5.65. The van der Waals surface area contributed by atoms with E-state index >= 15 is 0 Å². The van der Waals surface area contributed by atoms with E-state index in [1.165, 1.54) is 17.7 Å². The van der Waals surface area contributed by atoms with Crippen LogP contribution < -0.4 is 5.32 Å². The number of benzene rings is 1. The summed E-state index contributed by atoms with van der Waals surface area (Å²) in [4.78, 5) is 32.6. The van der Waals surface area contributed by atoms with Gasteiger partial charge in [0.1, 0.15) is 11.5 Å². The van der Waals surface area contributed by atoms with E-state index < -0.39 is 5.97 Å². The van der Waals surface area contributed by atoms with Gasteiger partial charge in [0.15, 0.2) is 0 Å². The van der Waals surface area contributed by atoms with Crippen molar-refractivity contribution in [3.8, 4) is 0 Å². The van der Waals surface area contributed by atoms with Crippen molar-refractivity contribution in [2.24, 2.45) is 0 Å². The Hall–Kier alpha value is -2.51. The average molecular weight is 376 g/mol. The summed E-state index contributed by atoms with van der Waals surface area (Å²) in [5.74, 6) is -0.761. The van der Waals surface area contributed by atoms with Crippen LogP contribution in [0.4, 0.5) is 5.69 Å². The summed E-state index contributed by atoms with van der Waals surface area (Å²) in [5.41, 5.74) is 2.65. The SMILES string of the molecule is CCOC(=O)c1ccc(C)c(NC(=O)c2csc3c(Cl)ncnc23)c1. The van der Waals surface area contributed by atoms with E-state index in [4.69, 9.17) is 16.3 Å². The van der Waals surface area contributed by atoms with Crippen LogP contribution in [0.1, 0.15) is 33.2 Å². The fraction of sp³-hybridized carbons (Fsp3) is 0.176. The molecular formula is C17H14ClN3O3S. The van der Waals surface area contributed by atoms with E-state index in [-0.39, 0.29) is 12.5 Å². The number of ether oxygens (including phenoxy) is 1. The Balaban J connectivity index is 1.91. The van der Waals surface area contributed by atoms with Gasteiger partial charge in [0.25, 0.3) is 5.91 Å². The zero-order valence-electron chi connectivity index (χ0n) is 13.5. The summed E-state index contributed by atoms with van der Waals surface area (Å²) in [7, 11) is 0. The number of fused-ring (bicyclic) bond motifs is 1. The molecule has 0 bridgehead atoms. The minimum atomic E-state index is -0.432. The summed E-state index contributed by atoms with van der Waals surface area (Å²) >= 11 is 7.33. The Morgan fingerprint density at radius 2 is 2.12 bits per heavy atom. The highest BCUT2D eigenvalue weighted by Crippen LogP contribution is 2.29. The van der Waals surface area contributed by atoms with Crippen molar-refractivity contribution in [3.63, 3.8) is 0 Å². The number of nitrogens with one attached hydrogen (secondary N) is 1. The second-order valence-corrected chi connectivity index (χ2v) is 6.43. The van der Waals surface area contributed by atoms with Crippen LogP contribution >= 0.6 is 22.9 Å². The second kappa shape index (κ2) is 7.16. The minimum absolute atomic E-state index is 0.287. The number of carbonyl (C=O) groups excluding carboxylic acids is 2. The number of nitrogens with zero attached hydrogens (tertiary/aromatic N) is 2. The molecule has 0 saturated heterocycles. The summed E-state index contributed by atoms with van der Waals surface area (Å²) in [5, 5.41) is 4.82. The lowest BCUT2D eigenvalue weighted by Gasteiger charge is -2.10. The number of esters is 1. The molecule has 25 heavy (non-hydrogen) atoms. The number of carbonyl (C=O) groups is 2. The van der Waals surface area contributed by atoms with Gasteiger partial charge in [0.2, 0.25) is 0 Å². The van der Waals surface area contributed by atoms with Crippen molar-refractivity contribution in [2.75, 3.05) is 11.9 Å². The third-order valence-corrected chi connectivity index (χ3v) is 4.93. The van der Waals surface area contributed by atoms with Gasteiger partial charge >= 0.3 is 5.97 Å². The van der Waals surface area contributed by atoms with Crippen molar-refractivity contribution < 1.29 is 14.3 Å². The van der Waals surface area contributed by atoms with Gasteiger partial charge in [0, 0.05) is 11.1 Å². The third kappa shape index (κ3) is 3.47. The molecule has 3 rings (SSSR count). The minimum Gasteiger partial charge on any atom is -0.462 e. The molecular weight excluding hydrogens is 362 g/mol. The van der Waals surface area contributed by atoms with Crippen LogP contribution in [0.5, 0.6) is 0 Å². The Kier molecular flexibility index (Phi) is 4.96. The molecule has 0 aliphatic rings. The lowest BCUT2D eigenvalue weighted by atomic mass is 10.1. The molecule has 0 radical (unpaired) electrons. The lowest BCUT2D eigenvalue weighted by Crippen LogP contribution is -2.14. The van der Waals surface area contributed by atoms with Gasteiger partial charge in [0.05, 0.1) is 28.0 Å². The van der Waals surface area contributed by atoms with Crippen molar-refractivity contribution in [1.29, 1.82) is 0 Å². The van der Waals surface area contributed by atoms with E-state index in [1.54, 1.807) is 30.5 Å². The van der Waals surface area contributed by atoms with Gasteiger partial charge in [-0.15, -0.1) is 11.3 Å². The van der Waals surface area contributed by atoms with Crippen LogP contribution in [0.15, 0.2) is 29.9 Å². The fourth-order valence-corrected chi connectivity index (χ4v) is 3.42. The quantitative estimate of drug-likeness (QED) is 0.548. The van der Waals surface area contributed by atoms with E-state index in [1.807, 2.05) is 6.92 Å². The Labute approximate surface area is 152 Å². The van der Waals surface area contributed by atoms with E-state index in [2.05, 4.69) is 15.3 Å². The number of aryl methyl sites for hydroxylation is 1. The number of halogens is 1. The van der Waals surface area contributed by atoms with Gasteiger partial charge in [-0.2, -0.15) is 0 Å². The molecule has 2 heterocycles. The van der Waals surface area contributed by atoms with E-state index in [0.29, 0.717) is 32.2 Å². The van der Waals surface area contributed by atoms with Gasteiger partial charge in [-0.1, -0.05) is 17.7 Å². The largest absolute Gasteiger partial charge is 0.462 e. The number of aromatic nitrogens is 2. The van der Waals surface area contributed by atoms with Gasteiger partial charge in [-0.05, 0) is 31.5 Å². The Bertz CT molecular complexity index is 971. The highest BCUT2D eigenvalue weighted by molar-refractivity contribution is 7.18. The molecule has 0 fully saturated rings. The first-order valence-corrected chi connectivity index (χ1v) is 8.73. The smallest absolute Gasteiger partial charge is 0.338 e. The number of hydrogen-bond acceptors (Lipinski definition) is 6. The number of anilines is 1. The van der Waals surface area contributed by atoms with Crippen LogP contribution in [0, 0.1) is 6.92 Å². The molecule has 128 valence electrons. The maximum atomic E-state index is 12.6. The highest BCUT2D eigenvalue weighted by Gasteiger charge is 2.17. The first-order chi connectivity index (χ1) is 12.0. The molecule has 1 aromatic carbocycles. The van der Waals surface area contributed by atoms with E-state index in [0.717, 1.165) is 5.56 Å². The van der Waals surface area contributed by atoms with Crippen molar-refractivity contribution in [2.45, 2.75) is 13.8 Å². The summed E-state index contributed by atoms with van der Waals surface area (Å²) in [6.07, 6.45) is 1.32. The van der Waals surface area contributed by atoms with Gasteiger partial charge < -0.3 is 10.1 Å². The number of amides is 1. The van der Waals surface area contributed by atoms with Crippen LogP contribution in [-0.4, -0.2) is 28.5 Å². The number of rotatable bonds is 4. The van der Waals surface area contributed by atoms with Crippen molar-refractivity contribution in [1.82, 2.24) is 9.97 Å². The number of thiophene rings is 1. The summed E-state index contributed by atoms with van der Waals surface area (Å²) in [6, 6.07) is 5.02. The molecule has 0 saturated carbocycles. The third-order valence-electron chi connectivity index (χ3n) is 3.55. The topological polar surface area (TPSA) is 81.2 Å². The van der Waals surface area contributed by atoms with Gasteiger partial charge in [-0.25, -0.2) is 14.8 Å². The molecule has 0 atom stereocenters. The first kappa shape index (κ1) is 17.3. The van der Waals surface area contributed by atoms with Crippen LogP contribution in [0.2, 0.25) is 5.15 Å². The molecule has 8 heteroatoms. The maximum Gasteiger partial charge on any atom is 0.338 e. The Morgan fingerprint density at radius 1 is 1.32 bits per heavy atom. The normalized spacial score (nSPS) is 10.7. The predicted octanol–water partition coefficient (Wildman–Crippen LogP) is 4.08. The van der Waals surface area contributed by atoms with Crippen molar-refractivity contribution in [3.05, 3.63) is 51.7 Å². The molecule has 3 aromatic rings. The summed E-state index contributed by atoms with van der Waals surface area (Å²) in [6.45, 7) is 3.87. The predicted molar refractivity (Wildman–Crippen MR) is 97.5 cm³/mol. The van der Waals surface area contributed by atoms with Crippen LogP contribution in [-0.2, 0) is 4.74 Å². The molecule has 2 aromatic heterocycles. The second-order valence-electron chi connectivity index (χ2n) is 5.20. The zero-order chi connectivity index (χ0) is 18.0. The zero-order valence-corrected chi connectivity index (χ0v) is 15.1. The van der Waals surface area contributed by atoms with Crippen molar-refractivity contribution >= 4 is 50.7 Å². The monoisotopic (exact) mass is 375 g/mol. The molecule has 0 aliphatic heterocycles. The molecule has 1 amide bonds. The molecule has 1 N–H and O–H groups in total. The van der Waals surface area contributed by atoms with E-state index in [9.17, 15) is 9.59 Å². The molecule has 0 unspecified atom stereocenters. The molecule has 0 spiro atoms. The standard InChI is InChI=1S/C17H14ClN3O3S/c1-3-24-17(23)10-5-4-9(2)12(6-10)21-16(22)11-7-25-14-13(11)19-8-20-15(14)18/h4-8H,3H2,1-2H3,(H,21,22). The number of hydrogen-bond donors (Lipinski definition) is 1. The van der Waals surface area contributed by atoms with Crippen LogP contribution in [0.25, 0.3) is 10.2 Å². The maximum absolute atomic E-state index is 12.6. The van der Waals surface area contributed by atoms with Crippen LogP contribution in [0.3, 0.4) is 0 Å². The average Bonchev–Trinajstić information content (AvgIpc) is 3.02. The first-order valence-electron chi connectivity index (χ1n) is 7.48.